The molecule has 26 heavy (non-hydrogen) atoms. The zero-order chi connectivity index (χ0) is 19.1. The number of carbonyl (C=O) groups is 1. The van der Waals surface area contributed by atoms with Crippen molar-refractivity contribution in [3.05, 3.63) is 58.1 Å². The Hall–Kier alpha value is -1.76. The van der Waals surface area contributed by atoms with Crippen molar-refractivity contribution in [3.63, 3.8) is 0 Å². The maximum absolute atomic E-state index is 13.0. The number of rotatable bonds is 4. The Bertz CT molecular complexity index is 942. The molecule has 3 rings (SSSR count). The minimum Gasteiger partial charge on any atom is -0.307 e. The van der Waals surface area contributed by atoms with Gasteiger partial charge in [-0.25, -0.2) is 8.42 Å². The summed E-state index contributed by atoms with van der Waals surface area (Å²) in [5.74, 6) is -0.302. The van der Waals surface area contributed by atoms with Gasteiger partial charge >= 0.3 is 0 Å². The van der Waals surface area contributed by atoms with E-state index in [0.29, 0.717) is 10.0 Å². The van der Waals surface area contributed by atoms with Crippen LogP contribution < -0.4 is 9.21 Å². The molecule has 8 heteroatoms. The number of sulfonamides is 1. The minimum absolute atomic E-state index is 0.0377. The summed E-state index contributed by atoms with van der Waals surface area (Å²) in [6.07, 6.45) is 1.79. The maximum Gasteiger partial charge on any atom is 0.248 e. The fraction of sp³-hybridized carbons (Fsp3) is 0.278. The summed E-state index contributed by atoms with van der Waals surface area (Å²) in [5.41, 5.74) is 2.16. The first kappa shape index (κ1) is 19.0. The number of amides is 1. The number of halogens is 2. The zero-order valence-corrected chi connectivity index (χ0v) is 16.6. The highest BCUT2D eigenvalue weighted by Gasteiger charge is 2.33. The summed E-state index contributed by atoms with van der Waals surface area (Å²) in [6, 6.07) is 12.1. The molecule has 1 atom stereocenters. The second kappa shape index (κ2) is 7.10. The molecule has 0 saturated carbocycles. The van der Waals surface area contributed by atoms with E-state index >= 15 is 0 Å². The molecule has 2 aromatic rings. The lowest BCUT2D eigenvalue weighted by atomic mass is 10.1. The first-order valence-electron chi connectivity index (χ1n) is 8.00. The Morgan fingerprint density at radius 2 is 1.81 bits per heavy atom. The van der Waals surface area contributed by atoms with Crippen LogP contribution in [0.3, 0.4) is 0 Å². The number of anilines is 2. The van der Waals surface area contributed by atoms with E-state index in [9.17, 15) is 13.2 Å². The molecular formula is C18H18Cl2N2O3S. The molecule has 0 fully saturated rings. The van der Waals surface area contributed by atoms with Gasteiger partial charge in [0.05, 0.1) is 11.9 Å². The monoisotopic (exact) mass is 412 g/mol. The van der Waals surface area contributed by atoms with Gasteiger partial charge < -0.3 is 4.90 Å². The molecule has 0 aromatic heterocycles. The van der Waals surface area contributed by atoms with E-state index in [1.807, 2.05) is 31.2 Å². The number of fused-ring (bicyclic) bond motifs is 1. The third kappa shape index (κ3) is 3.82. The first-order valence-corrected chi connectivity index (χ1v) is 10.6. The molecule has 0 spiro atoms. The molecule has 5 nitrogen and oxygen atoms in total. The van der Waals surface area contributed by atoms with E-state index in [2.05, 4.69) is 0 Å². The topological polar surface area (TPSA) is 57.7 Å². The van der Waals surface area contributed by atoms with Crippen molar-refractivity contribution >= 4 is 50.5 Å². The van der Waals surface area contributed by atoms with Crippen molar-refractivity contribution < 1.29 is 13.2 Å². The third-order valence-electron chi connectivity index (χ3n) is 4.29. The fourth-order valence-electron chi connectivity index (χ4n) is 3.23. The fourth-order valence-corrected chi connectivity index (χ4v) is 4.58. The summed E-state index contributed by atoms with van der Waals surface area (Å²) in [6.45, 7) is 1.62. The Morgan fingerprint density at radius 3 is 2.42 bits per heavy atom. The molecule has 1 amide bonds. The van der Waals surface area contributed by atoms with Crippen molar-refractivity contribution in [1.82, 2.24) is 0 Å². The van der Waals surface area contributed by atoms with E-state index in [1.165, 1.54) is 18.2 Å². The van der Waals surface area contributed by atoms with Crippen LogP contribution in [0.15, 0.2) is 42.5 Å². The molecular weight excluding hydrogens is 395 g/mol. The minimum atomic E-state index is -3.70. The van der Waals surface area contributed by atoms with Gasteiger partial charge in [0, 0.05) is 21.8 Å². The molecule has 0 N–H and O–H groups in total. The van der Waals surface area contributed by atoms with Crippen LogP contribution in [0.1, 0.15) is 12.5 Å². The number of hydrogen-bond acceptors (Lipinski definition) is 3. The van der Waals surface area contributed by atoms with Crippen LogP contribution in [0.5, 0.6) is 0 Å². The van der Waals surface area contributed by atoms with Crippen molar-refractivity contribution in [2.45, 2.75) is 19.4 Å². The van der Waals surface area contributed by atoms with Gasteiger partial charge in [-0.05, 0) is 43.2 Å². The number of para-hydroxylation sites is 1. The molecule has 1 aliphatic heterocycles. The first-order chi connectivity index (χ1) is 12.2. The Labute approximate surface area is 163 Å². The smallest absolute Gasteiger partial charge is 0.248 e. The summed E-state index contributed by atoms with van der Waals surface area (Å²) < 4.78 is 25.6. The summed E-state index contributed by atoms with van der Waals surface area (Å²) in [7, 11) is -3.70. The SMILES string of the molecule is CC1Cc2ccccc2N1C(=O)CN(c1cc(Cl)cc(Cl)c1)S(C)(=O)=O. The van der Waals surface area contributed by atoms with Crippen molar-refractivity contribution in [3.8, 4) is 0 Å². The van der Waals surface area contributed by atoms with Gasteiger partial charge in [-0.15, -0.1) is 0 Å². The van der Waals surface area contributed by atoms with Crippen molar-refractivity contribution in [2.24, 2.45) is 0 Å². The van der Waals surface area contributed by atoms with E-state index < -0.39 is 10.0 Å². The van der Waals surface area contributed by atoms with Gasteiger partial charge in [0.15, 0.2) is 0 Å². The standard InChI is InChI=1S/C18H18Cl2N2O3S/c1-12-7-13-5-3-4-6-17(13)22(12)18(23)11-21(26(2,24)25)16-9-14(19)8-15(20)10-16/h3-6,8-10,12H,7,11H2,1-2H3. The van der Waals surface area contributed by atoms with Crippen LogP contribution in [0.4, 0.5) is 11.4 Å². The average Bonchev–Trinajstić information content (AvgIpc) is 2.86. The largest absolute Gasteiger partial charge is 0.307 e. The van der Waals surface area contributed by atoms with Crippen LogP contribution in [0.25, 0.3) is 0 Å². The third-order valence-corrected chi connectivity index (χ3v) is 5.87. The van der Waals surface area contributed by atoms with Crippen molar-refractivity contribution in [1.29, 1.82) is 0 Å². The van der Waals surface area contributed by atoms with E-state index in [-0.39, 0.29) is 24.2 Å². The Kier molecular flexibility index (Phi) is 5.19. The number of hydrogen-bond donors (Lipinski definition) is 0. The molecule has 0 aliphatic carbocycles. The predicted octanol–water partition coefficient (Wildman–Crippen LogP) is 3.74. The van der Waals surface area contributed by atoms with E-state index in [4.69, 9.17) is 23.2 Å². The van der Waals surface area contributed by atoms with Crippen LogP contribution in [0.2, 0.25) is 10.0 Å². The van der Waals surface area contributed by atoms with E-state index in [0.717, 1.165) is 28.2 Å². The highest BCUT2D eigenvalue weighted by atomic mass is 35.5. The lowest BCUT2D eigenvalue weighted by Crippen LogP contribution is -2.45. The molecule has 0 bridgehead atoms. The number of nitrogens with zero attached hydrogens (tertiary/aromatic N) is 2. The normalized spacial score (nSPS) is 16.5. The molecule has 1 aliphatic rings. The summed E-state index contributed by atoms with van der Waals surface area (Å²) in [4.78, 5) is 14.6. The number of benzene rings is 2. The predicted molar refractivity (Wildman–Crippen MR) is 106 cm³/mol. The van der Waals surface area contributed by atoms with Gasteiger partial charge in [0.2, 0.25) is 15.9 Å². The zero-order valence-electron chi connectivity index (χ0n) is 14.3. The second-order valence-electron chi connectivity index (χ2n) is 6.34. The second-order valence-corrected chi connectivity index (χ2v) is 9.12. The molecule has 1 heterocycles. The highest BCUT2D eigenvalue weighted by molar-refractivity contribution is 7.92. The van der Waals surface area contributed by atoms with Gasteiger partial charge in [-0.2, -0.15) is 0 Å². The number of carbonyl (C=O) groups excluding carboxylic acids is 1. The summed E-state index contributed by atoms with van der Waals surface area (Å²) in [5, 5.41) is 0.599. The highest BCUT2D eigenvalue weighted by Crippen LogP contribution is 2.33. The average molecular weight is 413 g/mol. The van der Waals surface area contributed by atoms with Gasteiger partial charge in [0.25, 0.3) is 0 Å². The van der Waals surface area contributed by atoms with Crippen LogP contribution in [-0.4, -0.2) is 33.2 Å². The molecule has 2 aromatic carbocycles. The van der Waals surface area contributed by atoms with Gasteiger partial charge in [0.1, 0.15) is 6.54 Å². The van der Waals surface area contributed by atoms with Crippen molar-refractivity contribution in [2.75, 3.05) is 22.0 Å². The lowest BCUT2D eigenvalue weighted by molar-refractivity contribution is -0.117. The quantitative estimate of drug-likeness (QED) is 0.768. The maximum atomic E-state index is 13.0. The van der Waals surface area contributed by atoms with Gasteiger partial charge in [-0.3, -0.25) is 9.10 Å². The Balaban J connectivity index is 1.94. The van der Waals surface area contributed by atoms with Crippen LogP contribution in [0, 0.1) is 0 Å². The molecule has 1 unspecified atom stereocenters. The van der Waals surface area contributed by atoms with Crippen LogP contribution >= 0.6 is 23.2 Å². The Morgan fingerprint density at radius 1 is 1.19 bits per heavy atom. The lowest BCUT2D eigenvalue weighted by Gasteiger charge is -2.28. The van der Waals surface area contributed by atoms with Crippen LogP contribution in [-0.2, 0) is 21.2 Å². The van der Waals surface area contributed by atoms with E-state index in [1.54, 1.807) is 4.90 Å². The summed E-state index contributed by atoms with van der Waals surface area (Å²) >= 11 is 12.0. The molecule has 0 radical (unpaired) electrons. The molecule has 138 valence electrons. The molecule has 0 saturated heterocycles. The van der Waals surface area contributed by atoms with Gasteiger partial charge in [-0.1, -0.05) is 41.4 Å².